The first-order valence-electron chi connectivity index (χ1n) is 7.82. The first kappa shape index (κ1) is 17.8. The monoisotopic (exact) mass is 337 g/mol. The lowest BCUT2D eigenvalue weighted by molar-refractivity contribution is 0.0635. The van der Waals surface area contributed by atoms with E-state index in [1.165, 1.54) is 4.90 Å². The summed E-state index contributed by atoms with van der Waals surface area (Å²) >= 11 is 0. The van der Waals surface area contributed by atoms with Gasteiger partial charge in [-0.15, -0.1) is 0 Å². The highest BCUT2D eigenvalue weighted by Crippen LogP contribution is 2.26. The van der Waals surface area contributed by atoms with Gasteiger partial charge >= 0.3 is 12.2 Å². The maximum Gasteiger partial charge on any atom is 0.413 e. The van der Waals surface area contributed by atoms with Crippen molar-refractivity contribution in [2.75, 3.05) is 11.9 Å². The SMILES string of the molecule is CC[C@@H]1CN(C(=O)O)Cc2nc(NC(=O)OC(C)(C)C)ccc2O1. The molecule has 0 saturated heterocycles. The summed E-state index contributed by atoms with van der Waals surface area (Å²) in [7, 11) is 0. The molecule has 0 aliphatic carbocycles. The number of anilines is 1. The standard InChI is InChI=1S/C16H23N3O5/c1-5-10-8-19(15(21)22)9-11-12(23-10)6-7-13(17-11)18-14(20)24-16(2,3)4/h6-7,10H,5,8-9H2,1-4H3,(H,21,22)(H,17,18,20)/t10-/m1/s1. The minimum atomic E-state index is -1.03. The number of hydrogen-bond donors (Lipinski definition) is 2. The van der Waals surface area contributed by atoms with Crippen LogP contribution in [0, 0.1) is 0 Å². The second-order valence-electron chi connectivity index (χ2n) is 6.58. The third-order valence-electron chi connectivity index (χ3n) is 3.35. The van der Waals surface area contributed by atoms with Crippen LogP contribution in [0.1, 0.15) is 39.8 Å². The number of carbonyl (C=O) groups excluding carboxylic acids is 1. The van der Waals surface area contributed by atoms with E-state index in [0.29, 0.717) is 17.9 Å². The zero-order valence-electron chi connectivity index (χ0n) is 14.3. The van der Waals surface area contributed by atoms with E-state index < -0.39 is 17.8 Å². The molecule has 2 amide bonds. The number of hydrogen-bond acceptors (Lipinski definition) is 5. The van der Waals surface area contributed by atoms with Crippen LogP contribution >= 0.6 is 0 Å². The fourth-order valence-electron chi connectivity index (χ4n) is 2.25. The fourth-order valence-corrected chi connectivity index (χ4v) is 2.25. The Morgan fingerprint density at radius 2 is 2.17 bits per heavy atom. The molecule has 0 saturated carbocycles. The van der Waals surface area contributed by atoms with E-state index in [2.05, 4.69) is 10.3 Å². The minimum Gasteiger partial charge on any atom is -0.487 e. The lowest BCUT2D eigenvalue weighted by Crippen LogP contribution is -2.36. The highest BCUT2D eigenvalue weighted by molar-refractivity contribution is 5.83. The van der Waals surface area contributed by atoms with Crippen LogP contribution in [0.15, 0.2) is 12.1 Å². The Morgan fingerprint density at radius 3 is 2.75 bits per heavy atom. The Kier molecular flexibility index (Phi) is 5.16. The molecule has 2 rings (SSSR count). The van der Waals surface area contributed by atoms with Crippen LogP contribution in [-0.2, 0) is 11.3 Å². The number of nitrogens with one attached hydrogen (secondary N) is 1. The number of nitrogens with zero attached hydrogens (tertiary/aromatic N) is 2. The molecular formula is C16H23N3O5. The molecule has 2 N–H and O–H groups in total. The largest absolute Gasteiger partial charge is 0.487 e. The average molecular weight is 337 g/mol. The van der Waals surface area contributed by atoms with E-state index >= 15 is 0 Å². The van der Waals surface area contributed by atoms with Crippen molar-refractivity contribution in [3.63, 3.8) is 0 Å². The molecule has 0 bridgehead atoms. The van der Waals surface area contributed by atoms with Crippen molar-refractivity contribution in [1.29, 1.82) is 0 Å². The number of fused-ring (bicyclic) bond motifs is 1. The number of amides is 2. The van der Waals surface area contributed by atoms with Gasteiger partial charge in [-0.05, 0) is 39.3 Å². The summed E-state index contributed by atoms with van der Waals surface area (Å²) in [6.45, 7) is 7.60. The van der Waals surface area contributed by atoms with Gasteiger partial charge in [0.25, 0.3) is 0 Å². The normalized spacial score (nSPS) is 17.3. The molecule has 8 heteroatoms. The van der Waals surface area contributed by atoms with Gasteiger partial charge in [-0.1, -0.05) is 6.92 Å². The highest BCUT2D eigenvalue weighted by atomic mass is 16.6. The Morgan fingerprint density at radius 1 is 1.46 bits per heavy atom. The highest BCUT2D eigenvalue weighted by Gasteiger charge is 2.26. The fraction of sp³-hybridized carbons (Fsp3) is 0.562. The number of carboxylic acid groups (broad SMARTS) is 1. The van der Waals surface area contributed by atoms with Gasteiger partial charge < -0.3 is 14.6 Å². The first-order valence-corrected chi connectivity index (χ1v) is 7.82. The minimum absolute atomic E-state index is 0.102. The zero-order chi connectivity index (χ0) is 17.9. The number of ether oxygens (including phenoxy) is 2. The number of pyridine rings is 1. The Bertz CT molecular complexity index is 627. The van der Waals surface area contributed by atoms with Crippen molar-refractivity contribution in [3.05, 3.63) is 17.8 Å². The Labute approximate surface area is 140 Å². The summed E-state index contributed by atoms with van der Waals surface area (Å²) in [5.74, 6) is 0.812. The van der Waals surface area contributed by atoms with Crippen molar-refractivity contribution in [2.24, 2.45) is 0 Å². The Hall–Kier alpha value is -2.51. The van der Waals surface area contributed by atoms with Crippen LogP contribution in [0.3, 0.4) is 0 Å². The lowest BCUT2D eigenvalue weighted by Gasteiger charge is -2.20. The molecular weight excluding hydrogens is 314 g/mol. The van der Waals surface area contributed by atoms with Gasteiger partial charge in [-0.3, -0.25) is 10.2 Å². The van der Waals surface area contributed by atoms with Gasteiger partial charge in [0.15, 0.2) is 0 Å². The maximum absolute atomic E-state index is 11.8. The lowest BCUT2D eigenvalue weighted by atomic mass is 10.2. The van der Waals surface area contributed by atoms with Gasteiger partial charge in [-0.2, -0.15) is 0 Å². The second-order valence-corrected chi connectivity index (χ2v) is 6.58. The maximum atomic E-state index is 11.8. The third kappa shape index (κ3) is 4.74. The van der Waals surface area contributed by atoms with Gasteiger partial charge in [0, 0.05) is 0 Å². The molecule has 0 unspecified atom stereocenters. The summed E-state index contributed by atoms with van der Waals surface area (Å²) in [4.78, 5) is 28.7. The van der Waals surface area contributed by atoms with E-state index in [-0.39, 0.29) is 25.0 Å². The van der Waals surface area contributed by atoms with E-state index in [1.54, 1.807) is 32.9 Å². The quantitative estimate of drug-likeness (QED) is 0.860. The van der Waals surface area contributed by atoms with E-state index in [4.69, 9.17) is 9.47 Å². The Balaban J connectivity index is 2.20. The molecule has 0 spiro atoms. The molecule has 1 aliphatic rings. The first-order chi connectivity index (χ1) is 11.2. The molecule has 1 aromatic rings. The number of carbonyl (C=O) groups is 2. The van der Waals surface area contributed by atoms with Gasteiger partial charge in [0.1, 0.15) is 29.0 Å². The average Bonchev–Trinajstić information content (AvgIpc) is 2.63. The molecule has 8 nitrogen and oxygen atoms in total. The molecule has 24 heavy (non-hydrogen) atoms. The summed E-state index contributed by atoms with van der Waals surface area (Å²) in [5.41, 5.74) is -0.158. The van der Waals surface area contributed by atoms with Gasteiger partial charge in [0.05, 0.1) is 13.1 Å². The second kappa shape index (κ2) is 6.94. The van der Waals surface area contributed by atoms with Crippen LogP contribution in [0.25, 0.3) is 0 Å². The van der Waals surface area contributed by atoms with Crippen molar-refractivity contribution < 1.29 is 24.2 Å². The van der Waals surface area contributed by atoms with E-state index in [0.717, 1.165) is 0 Å². The molecule has 2 heterocycles. The van der Waals surface area contributed by atoms with Crippen LogP contribution in [-0.4, -0.2) is 45.4 Å². The predicted molar refractivity (Wildman–Crippen MR) is 87.2 cm³/mol. The van der Waals surface area contributed by atoms with Crippen LogP contribution < -0.4 is 10.1 Å². The van der Waals surface area contributed by atoms with Gasteiger partial charge in [-0.25, -0.2) is 14.6 Å². The smallest absolute Gasteiger partial charge is 0.413 e. The van der Waals surface area contributed by atoms with Crippen LogP contribution in [0.2, 0.25) is 0 Å². The van der Waals surface area contributed by atoms with Crippen molar-refractivity contribution in [3.8, 4) is 5.75 Å². The summed E-state index contributed by atoms with van der Waals surface area (Å²) in [5, 5.41) is 11.8. The van der Waals surface area contributed by atoms with Gasteiger partial charge in [0.2, 0.25) is 0 Å². The van der Waals surface area contributed by atoms with Crippen LogP contribution in [0.5, 0.6) is 5.75 Å². The topological polar surface area (TPSA) is 101 Å². The van der Waals surface area contributed by atoms with Crippen molar-refractivity contribution >= 4 is 18.0 Å². The molecule has 0 fully saturated rings. The molecule has 1 aromatic heterocycles. The molecule has 0 radical (unpaired) electrons. The van der Waals surface area contributed by atoms with Crippen LogP contribution in [0.4, 0.5) is 15.4 Å². The van der Waals surface area contributed by atoms with E-state index in [1.807, 2.05) is 6.92 Å². The molecule has 1 atom stereocenters. The number of rotatable bonds is 2. The zero-order valence-corrected chi connectivity index (χ0v) is 14.3. The van der Waals surface area contributed by atoms with E-state index in [9.17, 15) is 14.7 Å². The third-order valence-corrected chi connectivity index (χ3v) is 3.35. The molecule has 132 valence electrons. The predicted octanol–water partition coefficient (Wildman–Crippen LogP) is 3.08. The number of aromatic nitrogens is 1. The van der Waals surface area contributed by atoms with Crippen molar-refractivity contribution in [2.45, 2.75) is 52.4 Å². The summed E-state index contributed by atoms with van der Waals surface area (Å²) in [6, 6.07) is 3.29. The van der Waals surface area contributed by atoms with Crippen molar-refractivity contribution in [1.82, 2.24) is 9.88 Å². The summed E-state index contributed by atoms with van der Waals surface area (Å²) in [6.07, 6.45) is -1.20. The molecule has 0 aromatic carbocycles. The molecule has 1 aliphatic heterocycles. The summed E-state index contributed by atoms with van der Waals surface area (Å²) < 4.78 is 11.0.